The molecule has 1 heterocycles. The second-order valence-electron chi connectivity index (χ2n) is 4.57. The molecule has 2 aliphatic rings. The van der Waals surface area contributed by atoms with E-state index in [2.05, 4.69) is 4.90 Å². The summed E-state index contributed by atoms with van der Waals surface area (Å²) in [5, 5.41) is 10.00. The van der Waals surface area contributed by atoms with Crippen LogP contribution < -0.4 is 0 Å². The third kappa shape index (κ3) is 1.51. The Morgan fingerprint density at radius 1 is 1.54 bits per heavy atom. The molecule has 0 amide bonds. The fourth-order valence-corrected chi connectivity index (χ4v) is 2.07. The number of nitrogens with zero attached hydrogens (tertiary/aromatic N) is 1. The Labute approximate surface area is 78.7 Å². The Morgan fingerprint density at radius 2 is 2.08 bits per heavy atom. The van der Waals surface area contributed by atoms with Crippen molar-refractivity contribution in [1.29, 1.82) is 0 Å². The maximum Gasteiger partial charge on any atom is 0.146 e. The summed E-state index contributed by atoms with van der Waals surface area (Å²) in [5.74, 6) is 0.709. The predicted molar refractivity (Wildman–Crippen MR) is 49.4 cm³/mol. The number of rotatable bonds is 3. The molecule has 0 aromatic rings. The fraction of sp³-hybridized carbons (Fsp3) is 0.900. The largest absolute Gasteiger partial charge is 0.387 e. The smallest absolute Gasteiger partial charge is 0.146 e. The molecule has 3 heteroatoms. The van der Waals surface area contributed by atoms with Gasteiger partial charge in [0.05, 0.1) is 11.6 Å². The van der Waals surface area contributed by atoms with Crippen molar-refractivity contribution in [2.45, 2.75) is 38.3 Å². The van der Waals surface area contributed by atoms with E-state index < -0.39 is 5.60 Å². The van der Waals surface area contributed by atoms with Gasteiger partial charge in [-0.15, -0.1) is 0 Å². The van der Waals surface area contributed by atoms with Gasteiger partial charge in [0.15, 0.2) is 0 Å². The third-order valence-corrected chi connectivity index (χ3v) is 3.43. The molecule has 1 aliphatic heterocycles. The Morgan fingerprint density at radius 3 is 2.46 bits per heavy atom. The molecule has 1 saturated carbocycles. The molecular weight excluding hydrogens is 166 g/mol. The first-order valence-electron chi connectivity index (χ1n) is 5.00. The molecular formula is C10H17NO2. The highest BCUT2D eigenvalue weighted by molar-refractivity contribution is 5.81. The van der Waals surface area contributed by atoms with Gasteiger partial charge in [0.1, 0.15) is 5.78 Å². The molecule has 1 aliphatic carbocycles. The first-order chi connectivity index (χ1) is 6.03. The van der Waals surface area contributed by atoms with Gasteiger partial charge >= 0.3 is 0 Å². The Balaban J connectivity index is 1.86. The van der Waals surface area contributed by atoms with E-state index in [4.69, 9.17) is 0 Å². The van der Waals surface area contributed by atoms with Crippen LogP contribution in [0.3, 0.4) is 0 Å². The zero-order chi connectivity index (χ0) is 9.64. The van der Waals surface area contributed by atoms with Gasteiger partial charge in [0.25, 0.3) is 0 Å². The summed E-state index contributed by atoms with van der Waals surface area (Å²) >= 11 is 0. The van der Waals surface area contributed by atoms with E-state index in [0.29, 0.717) is 19.0 Å². The van der Waals surface area contributed by atoms with Crippen molar-refractivity contribution in [2.75, 3.05) is 13.1 Å². The lowest BCUT2D eigenvalue weighted by molar-refractivity contribution is -0.144. The molecule has 0 aromatic carbocycles. The van der Waals surface area contributed by atoms with E-state index in [0.717, 1.165) is 0 Å². The average Bonchev–Trinajstić information content (AvgIpc) is 2.79. The van der Waals surface area contributed by atoms with Crippen LogP contribution in [-0.4, -0.2) is 40.5 Å². The fourth-order valence-electron chi connectivity index (χ4n) is 2.07. The Hall–Kier alpha value is -0.410. The lowest BCUT2D eigenvalue weighted by atomic mass is 9.87. The number of aliphatic hydroxyl groups is 1. The van der Waals surface area contributed by atoms with Gasteiger partial charge in [-0.1, -0.05) is 0 Å². The summed E-state index contributed by atoms with van der Waals surface area (Å²) in [5.41, 5.74) is -0.455. The molecule has 0 bridgehead atoms. The number of carbonyl (C=O) groups is 1. The molecule has 0 aromatic heterocycles. The van der Waals surface area contributed by atoms with Crippen molar-refractivity contribution in [1.82, 2.24) is 4.90 Å². The van der Waals surface area contributed by atoms with Crippen molar-refractivity contribution < 1.29 is 9.90 Å². The van der Waals surface area contributed by atoms with Crippen molar-refractivity contribution >= 4 is 5.78 Å². The van der Waals surface area contributed by atoms with Crippen LogP contribution in [0.25, 0.3) is 0 Å². The molecule has 13 heavy (non-hydrogen) atoms. The zero-order valence-electron chi connectivity index (χ0n) is 8.29. The number of β-amino-alcohol motifs (C(OH)–C–C–N with tert-alkyl or cyclic N) is 1. The molecule has 1 atom stereocenters. The zero-order valence-corrected chi connectivity index (χ0v) is 8.29. The van der Waals surface area contributed by atoms with Gasteiger partial charge in [-0.05, 0) is 32.6 Å². The molecule has 3 nitrogen and oxygen atoms in total. The summed E-state index contributed by atoms with van der Waals surface area (Å²) in [4.78, 5) is 13.1. The van der Waals surface area contributed by atoms with Crippen molar-refractivity contribution in [2.24, 2.45) is 5.92 Å². The van der Waals surface area contributed by atoms with Gasteiger partial charge in [-0.3, -0.25) is 9.69 Å². The number of hydrogen-bond donors (Lipinski definition) is 1. The van der Waals surface area contributed by atoms with Crippen molar-refractivity contribution in [3.8, 4) is 0 Å². The summed E-state index contributed by atoms with van der Waals surface area (Å²) in [6.07, 6.45) is 2.33. The van der Waals surface area contributed by atoms with Crippen LogP contribution in [0.1, 0.15) is 26.7 Å². The normalized spacial score (nSPS) is 29.5. The number of likely N-dealkylation sites (tertiary alicyclic amines) is 1. The standard InChI is InChI=1S/C10H17NO2/c1-7(8(2)12)11-5-10(13,6-11)9-3-4-9/h7,9,13H,3-6H2,1-2H3. The predicted octanol–water partition coefficient (Wildman–Crippen LogP) is 0.421. The van der Waals surface area contributed by atoms with Crippen LogP contribution in [-0.2, 0) is 4.79 Å². The summed E-state index contributed by atoms with van der Waals surface area (Å²) in [7, 11) is 0. The van der Waals surface area contributed by atoms with Crippen LogP contribution in [0.15, 0.2) is 0 Å². The van der Waals surface area contributed by atoms with E-state index in [1.54, 1.807) is 6.92 Å². The van der Waals surface area contributed by atoms with E-state index in [1.807, 2.05) is 6.92 Å². The van der Waals surface area contributed by atoms with Gasteiger partial charge in [0, 0.05) is 13.1 Å². The van der Waals surface area contributed by atoms with E-state index in [9.17, 15) is 9.90 Å². The number of ketones is 1. The topological polar surface area (TPSA) is 40.5 Å². The summed E-state index contributed by atoms with van der Waals surface area (Å²) in [6.45, 7) is 4.91. The van der Waals surface area contributed by atoms with Crippen LogP contribution in [0.5, 0.6) is 0 Å². The monoisotopic (exact) mass is 183 g/mol. The summed E-state index contributed by atoms with van der Waals surface area (Å²) < 4.78 is 0. The van der Waals surface area contributed by atoms with Gasteiger partial charge in [-0.2, -0.15) is 0 Å². The minimum absolute atomic E-state index is 0.0148. The highest BCUT2D eigenvalue weighted by atomic mass is 16.3. The maximum atomic E-state index is 11.1. The van der Waals surface area contributed by atoms with Crippen molar-refractivity contribution in [3.05, 3.63) is 0 Å². The van der Waals surface area contributed by atoms with Gasteiger partial charge in [-0.25, -0.2) is 0 Å². The minimum atomic E-state index is -0.455. The second-order valence-corrected chi connectivity index (χ2v) is 4.57. The van der Waals surface area contributed by atoms with Crippen LogP contribution >= 0.6 is 0 Å². The number of Topliss-reactive ketones (excluding diaryl/α,β-unsaturated/α-hetero) is 1. The minimum Gasteiger partial charge on any atom is -0.387 e. The second kappa shape index (κ2) is 2.79. The van der Waals surface area contributed by atoms with E-state index in [-0.39, 0.29) is 11.8 Å². The molecule has 2 fully saturated rings. The number of hydrogen-bond acceptors (Lipinski definition) is 3. The summed E-state index contributed by atoms with van der Waals surface area (Å²) in [6, 6.07) is -0.0148. The highest BCUT2D eigenvalue weighted by Crippen LogP contribution is 2.44. The first kappa shape index (κ1) is 9.16. The number of carbonyl (C=O) groups excluding carboxylic acids is 1. The lowest BCUT2D eigenvalue weighted by Crippen LogP contribution is -2.66. The average molecular weight is 183 g/mol. The van der Waals surface area contributed by atoms with Gasteiger partial charge < -0.3 is 5.11 Å². The molecule has 1 unspecified atom stereocenters. The molecule has 0 spiro atoms. The van der Waals surface area contributed by atoms with Crippen LogP contribution in [0.4, 0.5) is 0 Å². The molecule has 1 N–H and O–H groups in total. The quantitative estimate of drug-likeness (QED) is 0.689. The third-order valence-electron chi connectivity index (χ3n) is 3.43. The van der Waals surface area contributed by atoms with Crippen LogP contribution in [0, 0.1) is 5.92 Å². The van der Waals surface area contributed by atoms with E-state index in [1.165, 1.54) is 12.8 Å². The lowest BCUT2D eigenvalue weighted by Gasteiger charge is -2.49. The Bertz CT molecular complexity index is 229. The SMILES string of the molecule is CC(=O)C(C)N1CC(O)(C2CC2)C1. The molecule has 74 valence electrons. The maximum absolute atomic E-state index is 11.1. The molecule has 1 saturated heterocycles. The first-order valence-corrected chi connectivity index (χ1v) is 5.00. The van der Waals surface area contributed by atoms with Crippen molar-refractivity contribution in [3.63, 3.8) is 0 Å². The van der Waals surface area contributed by atoms with Crippen LogP contribution in [0.2, 0.25) is 0 Å². The molecule has 0 radical (unpaired) electrons. The Kier molecular flexibility index (Phi) is 1.96. The molecule has 2 rings (SSSR count). The van der Waals surface area contributed by atoms with Gasteiger partial charge in [0.2, 0.25) is 0 Å². The highest BCUT2D eigenvalue weighted by Gasteiger charge is 2.53. The van der Waals surface area contributed by atoms with E-state index >= 15 is 0 Å².